The minimum absolute atomic E-state index is 0.460. The van der Waals surface area contributed by atoms with Crippen molar-refractivity contribution in [2.75, 3.05) is 0 Å². The van der Waals surface area contributed by atoms with E-state index in [1.807, 2.05) is 13.8 Å². The van der Waals surface area contributed by atoms with E-state index in [1.165, 1.54) is 6.08 Å². The highest BCUT2D eigenvalue weighted by Gasteiger charge is 2.07. The van der Waals surface area contributed by atoms with Gasteiger partial charge in [-0.2, -0.15) is 4.39 Å². The first kappa shape index (κ1) is 13.4. The second-order valence-electron chi connectivity index (χ2n) is 1.69. The first-order valence-corrected chi connectivity index (χ1v) is 3.73. The molecule has 0 heterocycles. The third-order valence-corrected chi connectivity index (χ3v) is 0.932. The van der Waals surface area contributed by atoms with Crippen molar-refractivity contribution < 1.29 is 9.31 Å². The summed E-state index contributed by atoms with van der Waals surface area (Å²) in [5, 5.41) is 9.89. The molecule has 0 aliphatic heterocycles. The van der Waals surface area contributed by atoms with Crippen molar-refractivity contribution in [1.29, 1.82) is 0 Å². The molecule has 70 valence electrons. The van der Waals surface area contributed by atoms with E-state index in [2.05, 4.69) is 0 Å². The van der Waals surface area contributed by atoms with Gasteiger partial charge >= 0.3 is 0 Å². The van der Waals surface area contributed by atoms with Gasteiger partial charge in [-0.3, -0.25) is 10.1 Å². The van der Waals surface area contributed by atoms with Crippen LogP contribution in [0.15, 0.2) is 23.7 Å². The molecule has 0 fully saturated rings. The zero-order valence-corrected chi connectivity index (χ0v) is 7.80. The Labute approximate surface area is 71.7 Å². The van der Waals surface area contributed by atoms with Crippen molar-refractivity contribution in [1.82, 2.24) is 0 Å². The standard InChI is InChI=1S/C6H8FNO2.C2H6/c1-3-4-6(7)5(2)8(9)10;1-2/h3-4H,1-2H3;1-2H3/b4-3-,6-5-;. The van der Waals surface area contributed by atoms with Crippen LogP contribution in [0.4, 0.5) is 4.39 Å². The molecule has 4 heteroatoms. The molecule has 0 radical (unpaired) electrons. The molecular formula is C8H14FNO2. The summed E-state index contributed by atoms with van der Waals surface area (Å²) in [6, 6.07) is 0. The molecule has 0 saturated heterocycles. The molecule has 12 heavy (non-hydrogen) atoms. The Morgan fingerprint density at radius 1 is 1.50 bits per heavy atom. The van der Waals surface area contributed by atoms with Crippen LogP contribution in [0.1, 0.15) is 27.7 Å². The van der Waals surface area contributed by atoms with Crippen molar-refractivity contribution in [3.63, 3.8) is 0 Å². The van der Waals surface area contributed by atoms with E-state index < -0.39 is 16.4 Å². The summed E-state index contributed by atoms with van der Waals surface area (Å²) < 4.78 is 12.4. The SMILES string of the molecule is C/C=C\C(F)=C(/C)[N+](=O)[O-].CC. The first-order chi connectivity index (χ1) is 5.59. The van der Waals surface area contributed by atoms with Gasteiger partial charge in [-0.1, -0.05) is 19.9 Å². The maximum atomic E-state index is 12.4. The highest BCUT2D eigenvalue weighted by atomic mass is 19.1. The predicted octanol–water partition coefficient (Wildman–Crippen LogP) is 3.07. The van der Waals surface area contributed by atoms with Gasteiger partial charge in [0, 0.05) is 6.92 Å². The van der Waals surface area contributed by atoms with Gasteiger partial charge in [0.1, 0.15) is 0 Å². The van der Waals surface area contributed by atoms with E-state index in [-0.39, 0.29) is 0 Å². The quantitative estimate of drug-likeness (QED) is 0.367. The molecule has 0 aliphatic rings. The number of nitrogens with zero attached hydrogens (tertiary/aromatic N) is 1. The third kappa shape index (κ3) is 5.58. The van der Waals surface area contributed by atoms with E-state index in [0.717, 1.165) is 13.0 Å². The lowest BCUT2D eigenvalue weighted by atomic mass is 10.4. The Hall–Kier alpha value is -1.19. The van der Waals surface area contributed by atoms with Crippen LogP contribution in [-0.4, -0.2) is 4.92 Å². The van der Waals surface area contributed by atoms with Gasteiger partial charge in [0.2, 0.25) is 0 Å². The molecule has 0 aromatic rings. The van der Waals surface area contributed by atoms with Gasteiger partial charge in [-0.15, -0.1) is 0 Å². The fraction of sp³-hybridized carbons (Fsp3) is 0.500. The van der Waals surface area contributed by atoms with Crippen molar-refractivity contribution in [3.05, 3.63) is 33.8 Å². The van der Waals surface area contributed by atoms with Crippen molar-refractivity contribution >= 4 is 0 Å². The van der Waals surface area contributed by atoms with Crippen LogP contribution in [0.2, 0.25) is 0 Å². The van der Waals surface area contributed by atoms with E-state index in [1.54, 1.807) is 6.92 Å². The van der Waals surface area contributed by atoms with E-state index >= 15 is 0 Å². The first-order valence-electron chi connectivity index (χ1n) is 3.73. The van der Waals surface area contributed by atoms with Crippen molar-refractivity contribution in [3.8, 4) is 0 Å². The second kappa shape index (κ2) is 7.91. The molecule has 0 atom stereocenters. The Morgan fingerprint density at radius 2 is 1.92 bits per heavy atom. The minimum atomic E-state index is -0.799. The molecule has 3 nitrogen and oxygen atoms in total. The Morgan fingerprint density at radius 3 is 2.17 bits per heavy atom. The average Bonchev–Trinajstić information content (AvgIpc) is 2.07. The highest BCUT2D eigenvalue weighted by molar-refractivity contribution is 5.12. The summed E-state index contributed by atoms with van der Waals surface area (Å²) in [7, 11) is 0. The summed E-state index contributed by atoms with van der Waals surface area (Å²) in [6.07, 6.45) is 2.46. The van der Waals surface area contributed by atoms with Gasteiger partial charge in [0.15, 0.2) is 5.83 Å². The van der Waals surface area contributed by atoms with E-state index in [4.69, 9.17) is 0 Å². The number of nitro groups is 1. The van der Waals surface area contributed by atoms with Gasteiger partial charge in [0.25, 0.3) is 5.70 Å². The molecular weight excluding hydrogens is 161 g/mol. The summed E-state index contributed by atoms with van der Waals surface area (Å²) in [6.45, 7) is 6.71. The summed E-state index contributed by atoms with van der Waals surface area (Å²) in [5.74, 6) is -0.799. The smallest absolute Gasteiger partial charge is 0.259 e. The molecule has 0 N–H and O–H groups in total. The maximum Gasteiger partial charge on any atom is 0.278 e. The van der Waals surface area contributed by atoms with Crippen LogP contribution in [0.3, 0.4) is 0 Å². The maximum absolute atomic E-state index is 12.4. The molecule has 0 spiro atoms. The molecule has 0 aliphatic carbocycles. The minimum Gasteiger partial charge on any atom is -0.259 e. The number of rotatable bonds is 2. The third-order valence-electron chi connectivity index (χ3n) is 0.932. The monoisotopic (exact) mass is 175 g/mol. The van der Waals surface area contributed by atoms with Crippen LogP contribution in [0, 0.1) is 10.1 Å². The number of halogens is 1. The Balaban J connectivity index is 0. The molecule has 0 unspecified atom stereocenters. The number of hydrogen-bond acceptors (Lipinski definition) is 2. The van der Waals surface area contributed by atoms with Gasteiger partial charge in [-0.05, 0) is 13.0 Å². The van der Waals surface area contributed by atoms with Crippen molar-refractivity contribution in [2.24, 2.45) is 0 Å². The molecule has 0 bridgehead atoms. The highest BCUT2D eigenvalue weighted by Crippen LogP contribution is 2.06. The topological polar surface area (TPSA) is 43.1 Å². The largest absolute Gasteiger partial charge is 0.278 e. The van der Waals surface area contributed by atoms with Crippen LogP contribution in [0.5, 0.6) is 0 Å². The second-order valence-corrected chi connectivity index (χ2v) is 1.69. The predicted molar refractivity (Wildman–Crippen MR) is 47.0 cm³/mol. The lowest BCUT2D eigenvalue weighted by Gasteiger charge is -1.87. The van der Waals surface area contributed by atoms with Crippen molar-refractivity contribution in [2.45, 2.75) is 27.7 Å². The number of hydrogen-bond donors (Lipinski definition) is 0. The average molecular weight is 175 g/mol. The van der Waals surface area contributed by atoms with Crippen LogP contribution >= 0.6 is 0 Å². The molecule has 0 rings (SSSR count). The van der Waals surface area contributed by atoms with E-state index in [9.17, 15) is 14.5 Å². The fourth-order valence-electron chi connectivity index (χ4n) is 0.354. The Kier molecular flexibility index (Phi) is 8.84. The number of allylic oxidation sites excluding steroid dienone is 4. The van der Waals surface area contributed by atoms with Gasteiger partial charge < -0.3 is 0 Å². The molecule has 0 amide bonds. The Bertz CT molecular complexity index is 197. The van der Waals surface area contributed by atoms with Gasteiger partial charge in [-0.25, -0.2) is 0 Å². The lowest BCUT2D eigenvalue weighted by Crippen LogP contribution is -1.95. The van der Waals surface area contributed by atoms with Crippen LogP contribution in [-0.2, 0) is 0 Å². The van der Waals surface area contributed by atoms with Crippen LogP contribution in [0.25, 0.3) is 0 Å². The normalized spacial score (nSPS) is 11.8. The molecule has 0 saturated carbocycles. The van der Waals surface area contributed by atoms with Crippen LogP contribution < -0.4 is 0 Å². The lowest BCUT2D eigenvalue weighted by molar-refractivity contribution is -0.426. The van der Waals surface area contributed by atoms with E-state index in [0.29, 0.717) is 0 Å². The summed E-state index contributed by atoms with van der Waals surface area (Å²) in [5.41, 5.74) is -0.460. The molecule has 0 aromatic carbocycles. The summed E-state index contributed by atoms with van der Waals surface area (Å²) in [4.78, 5) is 9.13. The van der Waals surface area contributed by atoms with Gasteiger partial charge in [0.05, 0.1) is 4.92 Å². The summed E-state index contributed by atoms with van der Waals surface area (Å²) >= 11 is 0. The zero-order valence-electron chi connectivity index (χ0n) is 7.80. The fourth-order valence-corrected chi connectivity index (χ4v) is 0.354. The zero-order chi connectivity index (χ0) is 10.1. The molecule has 0 aromatic heterocycles.